The molecule has 8 nitrogen and oxygen atoms in total. The molecule has 0 heterocycles. The van der Waals surface area contributed by atoms with Crippen LogP contribution >= 0.6 is 12.2 Å². The van der Waals surface area contributed by atoms with Crippen LogP contribution in [0.15, 0.2) is 24.3 Å². The minimum atomic E-state index is -0.471. The van der Waals surface area contributed by atoms with Gasteiger partial charge in [-0.2, -0.15) is 0 Å². The van der Waals surface area contributed by atoms with Gasteiger partial charge in [0.15, 0.2) is 5.11 Å². The number of thiocarbonyl (C=S) groups is 1. The van der Waals surface area contributed by atoms with E-state index < -0.39 is 11.9 Å². The molecule has 2 N–H and O–H groups in total. The monoisotopic (exact) mass is 437 g/mol. The number of benzene rings is 1. The number of carbonyl (C=O) groups is 3. The number of esters is 1. The van der Waals surface area contributed by atoms with E-state index in [9.17, 15) is 14.4 Å². The van der Waals surface area contributed by atoms with Crippen molar-refractivity contribution in [3.63, 3.8) is 0 Å². The fourth-order valence-corrected chi connectivity index (χ4v) is 2.84. The molecule has 0 saturated heterocycles. The van der Waals surface area contributed by atoms with Crippen LogP contribution in [0.3, 0.4) is 0 Å². The van der Waals surface area contributed by atoms with Gasteiger partial charge in [0.05, 0.1) is 13.0 Å². The van der Waals surface area contributed by atoms with E-state index in [1.807, 2.05) is 18.7 Å². The Morgan fingerprint density at radius 2 is 1.63 bits per heavy atom. The molecule has 0 radical (unpaired) electrons. The maximum absolute atomic E-state index is 12.6. The zero-order valence-corrected chi connectivity index (χ0v) is 18.7. The van der Waals surface area contributed by atoms with Gasteiger partial charge in [0.2, 0.25) is 5.91 Å². The van der Waals surface area contributed by atoms with Crippen LogP contribution in [-0.4, -0.2) is 61.2 Å². The molecule has 0 fully saturated rings. The van der Waals surface area contributed by atoms with Crippen LogP contribution in [0.5, 0.6) is 0 Å². The first-order valence-corrected chi connectivity index (χ1v) is 10.5. The Kier molecular flexibility index (Phi) is 12.3. The molecule has 9 heteroatoms. The predicted octanol–water partition coefficient (Wildman–Crippen LogP) is 2.73. The molecule has 166 valence electrons. The van der Waals surface area contributed by atoms with Crippen LogP contribution in [0.2, 0.25) is 0 Å². The molecule has 1 aromatic carbocycles. The average Bonchev–Trinajstić information content (AvgIpc) is 2.72. The Labute approximate surface area is 183 Å². The molecule has 30 heavy (non-hydrogen) atoms. The Bertz CT molecular complexity index is 703. The largest absolute Gasteiger partial charge is 0.463 e. The summed E-state index contributed by atoms with van der Waals surface area (Å²) in [5.41, 5.74) is 1.25. The van der Waals surface area contributed by atoms with Crippen molar-refractivity contribution in [2.75, 3.05) is 38.7 Å². The highest BCUT2D eigenvalue weighted by Gasteiger charge is 2.14. The van der Waals surface area contributed by atoms with E-state index in [-0.39, 0.29) is 30.5 Å². The number of hydrogen-bond acceptors (Lipinski definition) is 6. The van der Waals surface area contributed by atoms with Gasteiger partial charge in [-0.25, -0.2) is 0 Å². The van der Waals surface area contributed by atoms with Crippen molar-refractivity contribution in [1.29, 1.82) is 0 Å². The van der Waals surface area contributed by atoms with E-state index in [1.165, 1.54) is 7.11 Å². The van der Waals surface area contributed by atoms with Crippen molar-refractivity contribution in [1.82, 2.24) is 10.2 Å². The number of amides is 2. The van der Waals surface area contributed by atoms with E-state index in [0.717, 1.165) is 25.9 Å². The van der Waals surface area contributed by atoms with Gasteiger partial charge in [0.1, 0.15) is 6.61 Å². The molecule has 1 aromatic rings. The first kappa shape index (κ1) is 25.5. The molecule has 0 aliphatic heterocycles. The highest BCUT2D eigenvalue weighted by Crippen LogP contribution is 2.12. The van der Waals surface area contributed by atoms with Gasteiger partial charge in [-0.3, -0.25) is 14.4 Å². The summed E-state index contributed by atoms with van der Waals surface area (Å²) in [7, 11) is 1.51. The minimum Gasteiger partial charge on any atom is -0.463 e. The molecule has 0 aliphatic rings. The van der Waals surface area contributed by atoms with Crippen molar-refractivity contribution in [2.45, 2.75) is 39.5 Å². The van der Waals surface area contributed by atoms with Gasteiger partial charge in [-0.05, 0) is 49.3 Å². The molecule has 2 amide bonds. The fourth-order valence-electron chi connectivity index (χ4n) is 2.61. The van der Waals surface area contributed by atoms with Crippen LogP contribution in [0.1, 0.15) is 49.9 Å². The van der Waals surface area contributed by atoms with E-state index in [4.69, 9.17) is 21.7 Å². The average molecular weight is 438 g/mol. The molecule has 1 rings (SSSR count). The second-order valence-electron chi connectivity index (χ2n) is 6.59. The summed E-state index contributed by atoms with van der Waals surface area (Å²) in [5.74, 6) is -0.863. The number of carbonyl (C=O) groups excluding carboxylic acids is 3. The molecule has 0 aromatic heterocycles. The van der Waals surface area contributed by atoms with Gasteiger partial charge < -0.3 is 25.0 Å². The Balaban J connectivity index is 2.47. The van der Waals surface area contributed by atoms with Crippen LogP contribution in [0.4, 0.5) is 5.69 Å². The van der Waals surface area contributed by atoms with Crippen LogP contribution in [-0.2, 0) is 19.1 Å². The second-order valence-corrected chi connectivity index (χ2v) is 6.99. The number of methoxy groups -OCH3 is 1. The van der Waals surface area contributed by atoms with Gasteiger partial charge >= 0.3 is 5.97 Å². The predicted molar refractivity (Wildman–Crippen MR) is 119 cm³/mol. The number of hydrogen-bond donors (Lipinski definition) is 2. The summed E-state index contributed by atoms with van der Waals surface area (Å²) in [6.45, 7) is 6.01. The summed E-state index contributed by atoms with van der Waals surface area (Å²) < 4.78 is 9.67. The zero-order chi connectivity index (χ0) is 22.4. The van der Waals surface area contributed by atoms with Crippen molar-refractivity contribution >= 4 is 40.8 Å². The topological polar surface area (TPSA) is 97.0 Å². The Morgan fingerprint density at radius 3 is 2.20 bits per heavy atom. The number of rotatable bonds is 12. The molecule has 0 saturated carbocycles. The minimum absolute atomic E-state index is 0.00138. The lowest BCUT2D eigenvalue weighted by atomic mass is 10.1. The lowest BCUT2D eigenvalue weighted by Gasteiger charge is -2.21. The van der Waals surface area contributed by atoms with E-state index >= 15 is 0 Å². The molecule has 0 bridgehead atoms. The second kappa shape index (κ2) is 14.5. The molecule has 0 spiro atoms. The standard InChI is InChI=1S/C21H31N3O5S/c1-4-12-24(13-5-2)20(27)16-6-8-17(9-7-16)22-21(30)23-18(25)10-11-19(26)29-15-14-28-3/h6-9H,4-5,10-15H2,1-3H3,(H2,22,23,25,30). The molecule has 0 aliphatic carbocycles. The van der Waals surface area contributed by atoms with Crippen LogP contribution in [0.25, 0.3) is 0 Å². The van der Waals surface area contributed by atoms with E-state index in [1.54, 1.807) is 24.3 Å². The smallest absolute Gasteiger partial charge is 0.306 e. The van der Waals surface area contributed by atoms with Crippen molar-refractivity contribution in [2.24, 2.45) is 0 Å². The lowest BCUT2D eigenvalue weighted by molar-refractivity contribution is -0.146. The highest BCUT2D eigenvalue weighted by molar-refractivity contribution is 7.80. The van der Waals surface area contributed by atoms with Crippen LogP contribution in [0, 0.1) is 0 Å². The number of nitrogens with one attached hydrogen (secondary N) is 2. The maximum Gasteiger partial charge on any atom is 0.306 e. The third kappa shape index (κ3) is 9.80. The summed E-state index contributed by atoms with van der Waals surface area (Å²) in [5, 5.41) is 5.52. The van der Waals surface area contributed by atoms with Crippen LogP contribution < -0.4 is 10.6 Å². The number of anilines is 1. The molecule has 0 unspecified atom stereocenters. The third-order valence-electron chi connectivity index (χ3n) is 4.02. The van der Waals surface area contributed by atoms with Gasteiger partial charge in [0, 0.05) is 37.9 Å². The van der Waals surface area contributed by atoms with Gasteiger partial charge in [-0.1, -0.05) is 13.8 Å². The van der Waals surface area contributed by atoms with Crippen molar-refractivity contribution < 1.29 is 23.9 Å². The molecule has 0 atom stereocenters. The van der Waals surface area contributed by atoms with Gasteiger partial charge in [-0.15, -0.1) is 0 Å². The zero-order valence-electron chi connectivity index (χ0n) is 17.9. The first-order chi connectivity index (χ1) is 14.4. The molecular formula is C21H31N3O5S. The Hall–Kier alpha value is -2.52. The number of nitrogens with zero attached hydrogens (tertiary/aromatic N) is 1. The summed E-state index contributed by atoms with van der Waals surface area (Å²) in [4.78, 5) is 37.8. The summed E-state index contributed by atoms with van der Waals surface area (Å²) >= 11 is 5.12. The first-order valence-electron chi connectivity index (χ1n) is 10.1. The maximum atomic E-state index is 12.6. The highest BCUT2D eigenvalue weighted by atomic mass is 32.1. The van der Waals surface area contributed by atoms with Crippen molar-refractivity contribution in [3.05, 3.63) is 29.8 Å². The number of ether oxygens (including phenoxy) is 2. The normalized spacial score (nSPS) is 10.2. The lowest BCUT2D eigenvalue weighted by Crippen LogP contribution is -2.34. The SMILES string of the molecule is CCCN(CCC)C(=O)c1ccc(NC(=S)NC(=O)CCC(=O)OCCOC)cc1. The fraction of sp³-hybridized carbons (Fsp3) is 0.524. The molecular weight excluding hydrogens is 406 g/mol. The van der Waals surface area contributed by atoms with Crippen molar-refractivity contribution in [3.8, 4) is 0 Å². The quantitative estimate of drug-likeness (QED) is 0.295. The summed E-state index contributed by atoms with van der Waals surface area (Å²) in [6.07, 6.45) is 1.74. The summed E-state index contributed by atoms with van der Waals surface area (Å²) in [6, 6.07) is 6.91. The Morgan fingerprint density at radius 1 is 1.00 bits per heavy atom. The van der Waals surface area contributed by atoms with E-state index in [0.29, 0.717) is 17.9 Å². The van der Waals surface area contributed by atoms with Gasteiger partial charge in [0.25, 0.3) is 5.91 Å². The van der Waals surface area contributed by atoms with E-state index in [2.05, 4.69) is 10.6 Å². The third-order valence-corrected chi connectivity index (χ3v) is 4.23.